The Morgan fingerprint density at radius 1 is 1.26 bits per heavy atom. The van der Waals surface area contributed by atoms with Crippen molar-refractivity contribution in [3.05, 3.63) is 41.7 Å². The summed E-state index contributed by atoms with van der Waals surface area (Å²) in [7, 11) is 1.64. The summed E-state index contributed by atoms with van der Waals surface area (Å²) in [6.07, 6.45) is 2.66. The smallest absolute Gasteiger partial charge is 0.113 e. The standard InChI is InChI=1S/C16H20N4O3/c1-21-10-12-8-20(19-18-12)13-4-2-11(3-5-13)9-22-14-6-17-7-15-16(14)23-15/h2-5,8,14-17H,6-7,9-10H2,1H3/t14-,15-,16-/m0/s1. The van der Waals surface area contributed by atoms with E-state index in [9.17, 15) is 0 Å². The van der Waals surface area contributed by atoms with Crippen molar-refractivity contribution >= 4 is 0 Å². The number of ether oxygens (including phenoxy) is 3. The molecule has 4 rings (SSSR count). The molecule has 0 saturated carbocycles. The Labute approximate surface area is 134 Å². The third-order valence-electron chi connectivity index (χ3n) is 4.18. The lowest BCUT2D eigenvalue weighted by molar-refractivity contribution is 0.0211. The number of nitrogens with zero attached hydrogens (tertiary/aromatic N) is 3. The van der Waals surface area contributed by atoms with Gasteiger partial charge in [-0.05, 0) is 17.7 Å². The van der Waals surface area contributed by atoms with Crippen LogP contribution in [0.2, 0.25) is 0 Å². The van der Waals surface area contributed by atoms with Crippen LogP contribution in [0.25, 0.3) is 5.69 Å². The van der Waals surface area contributed by atoms with Gasteiger partial charge >= 0.3 is 0 Å². The van der Waals surface area contributed by atoms with Crippen molar-refractivity contribution < 1.29 is 14.2 Å². The van der Waals surface area contributed by atoms with Gasteiger partial charge in [-0.1, -0.05) is 17.3 Å². The van der Waals surface area contributed by atoms with Gasteiger partial charge in [0.2, 0.25) is 0 Å². The van der Waals surface area contributed by atoms with Gasteiger partial charge in [-0.3, -0.25) is 0 Å². The third-order valence-corrected chi connectivity index (χ3v) is 4.18. The van der Waals surface area contributed by atoms with Crippen molar-refractivity contribution in [2.24, 2.45) is 0 Å². The van der Waals surface area contributed by atoms with Gasteiger partial charge in [0.25, 0.3) is 0 Å². The van der Waals surface area contributed by atoms with E-state index in [0.29, 0.717) is 19.3 Å². The number of methoxy groups -OCH3 is 1. The quantitative estimate of drug-likeness (QED) is 0.790. The predicted molar refractivity (Wildman–Crippen MR) is 82.2 cm³/mol. The highest BCUT2D eigenvalue weighted by molar-refractivity contribution is 5.33. The molecule has 2 aromatic rings. The first kappa shape index (κ1) is 14.8. The third kappa shape index (κ3) is 3.28. The van der Waals surface area contributed by atoms with E-state index in [1.807, 2.05) is 18.3 Å². The number of fused-ring (bicyclic) bond motifs is 1. The molecule has 0 amide bonds. The van der Waals surface area contributed by atoms with Crippen LogP contribution in [0.4, 0.5) is 0 Å². The van der Waals surface area contributed by atoms with Gasteiger partial charge < -0.3 is 19.5 Å². The highest BCUT2D eigenvalue weighted by Crippen LogP contribution is 2.29. The lowest BCUT2D eigenvalue weighted by Crippen LogP contribution is -2.41. The Balaban J connectivity index is 1.35. The summed E-state index contributed by atoms with van der Waals surface area (Å²) >= 11 is 0. The average molecular weight is 316 g/mol. The maximum Gasteiger partial charge on any atom is 0.113 e. The zero-order valence-corrected chi connectivity index (χ0v) is 13.0. The van der Waals surface area contributed by atoms with Crippen LogP contribution in [0.1, 0.15) is 11.3 Å². The molecule has 1 N–H and O–H groups in total. The molecule has 2 saturated heterocycles. The van der Waals surface area contributed by atoms with Crippen molar-refractivity contribution in [1.29, 1.82) is 0 Å². The summed E-state index contributed by atoms with van der Waals surface area (Å²) in [4.78, 5) is 0. The number of piperidine rings is 1. The number of benzene rings is 1. The molecular formula is C16H20N4O3. The van der Waals surface area contributed by atoms with Crippen LogP contribution in [0.3, 0.4) is 0 Å². The van der Waals surface area contributed by atoms with Crippen LogP contribution in [0.5, 0.6) is 0 Å². The van der Waals surface area contributed by atoms with Crippen molar-refractivity contribution in [3.63, 3.8) is 0 Å². The maximum atomic E-state index is 5.97. The van der Waals surface area contributed by atoms with Crippen molar-refractivity contribution in [1.82, 2.24) is 20.3 Å². The van der Waals surface area contributed by atoms with Gasteiger partial charge in [0.1, 0.15) is 11.8 Å². The highest BCUT2D eigenvalue weighted by Gasteiger charge is 2.48. The van der Waals surface area contributed by atoms with Gasteiger partial charge in [0, 0.05) is 20.2 Å². The SMILES string of the molecule is COCc1cn(-c2ccc(CO[C@H]3CNC[C@@H]4O[C@@H]34)cc2)nn1. The lowest BCUT2D eigenvalue weighted by Gasteiger charge is -2.20. The molecule has 0 spiro atoms. The van der Waals surface area contributed by atoms with Crippen molar-refractivity contribution in [2.45, 2.75) is 31.5 Å². The molecule has 7 heteroatoms. The molecule has 0 bridgehead atoms. The second kappa shape index (κ2) is 6.37. The largest absolute Gasteiger partial charge is 0.378 e. The van der Waals surface area contributed by atoms with Crippen LogP contribution < -0.4 is 5.32 Å². The maximum absolute atomic E-state index is 5.97. The summed E-state index contributed by atoms with van der Waals surface area (Å²) < 4.78 is 18.3. The van der Waals surface area contributed by atoms with Crippen molar-refractivity contribution in [3.8, 4) is 5.69 Å². The van der Waals surface area contributed by atoms with Gasteiger partial charge in [-0.15, -0.1) is 5.10 Å². The Morgan fingerprint density at radius 3 is 2.96 bits per heavy atom. The van der Waals surface area contributed by atoms with E-state index in [0.717, 1.165) is 30.0 Å². The molecule has 122 valence electrons. The van der Waals surface area contributed by atoms with Crippen LogP contribution in [0, 0.1) is 0 Å². The van der Waals surface area contributed by atoms with E-state index < -0.39 is 0 Å². The summed E-state index contributed by atoms with van der Waals surface area (Å²) in [6.45, 7) is 2.86. The molecule has 3 heterocycles. The summed E-state index contributed by atoms with van der Waals surface area (Å²) in [5, 5.41) is 11.5. The Hall–Kier alpha value is -1.80. The number of epoxide rings is 1. The molecule has 7 nitrogen and oxygen atoms in total. The van der Waals surface area contributed by atoms with Crippen molar-refractivity contribution in [2.75, 3.05) is 20.2 Å². The van der Waals surface area contributed by atoms with Gasteiger partial charge in [-0.25, -0.2) is 4.68 Å². The molecule has 23 heavy (non-hydrogen) atoms. The molecule has 2 fully saturated rings. The van der Waals surface area contributed by atoms with E-state index in [1.165, 1.54) is 0 Å². The van der Waals surface area contributed by atoms with Gasteiger partial charge in [-0.2, -0.15) is 0 Å². The van der Waals surface area contributed by atoms with E-state index in [4.69, 9.17) is 14.2 Å². The molecule has 3 atom stereocenters. The molecule has 0 radical (unpaired) electrons. The minimum absolute atomic E-state index is 0.153. The molecule has 2 aliphatic rings. The minimum Gasteiger partial charge on any atom is -0.378 e. The van der Waals surface area contributed by atoms with E-state index in [1.54, 1.807) is 11.8 Å². The second-order valence-electron chi connectivity index (χ2n) is 5.90. The van der Waals surface area contributed by atoms with Crippen LogP contribution >= 0.6 is 0 Å². The normalized spacial score (nSPS) is 26.0. The van der Waals surface area contributed by atoms with Crippen LogP contribution in [-0.4, -0.2) is 53.5 Å². The molecule has 1 aromatic carbocycles. The Bertz CT molecular complexity index is 658. The first-order valence-electron chi connectivity index (χ1n) is 7.81. The highest BCUT2D eigenvalue weighted by atomic mass is 16.6. The molecule has 2 aliphatic heterocycles. The zero-order chi connectivity index (χ0) is 15.6. The Kier molecular flexibility index (Phi) is 4.09. The van der Waals surface area contributed by atoms with E-state index in [2.05, 4.69) is 27.8 Å². The fourth-order valence-electron chi connectivity index (χ4n) is 2.87. The monoisotopic (exact) mass is 316 g/mol. The number of hydrogen-bond acceptors (Lipinski definition) is 6. The zero-order valence-electron chi connectivity index (χ0n) is 13.0. The van der Waals surface area contributed by atoms with Crippen LogP contribution in [-0.2, 0) is 27.4 Å². The molecular weight excluding hydrogens is 296 g/mol. The predicted octanol–water partition coefficient (Wildman–Crippen LogP) is 0.669. The summed E-state index contributed by atoms with van der Waals surface area (Å²) in [5.41, 5.74) is 2.91. The first-order chi connectivity index (χ1) is 11.3. The second-order valence-corrected chi connectivity index (χ2v) is 5.90. The molecule has 1 aromatic heterocycles. The van der Waals surface area contributed by atoms with E-state index in [-0.39, 0.29) is 12.2 Å². The first-order valence-corrected chi connectivity index (χ1v) is 7.81. The topological polar surface area (TPSA) is 73.7 Å². The number of aromatic nitrogens is 3. The summed E-state index contributed by atoms with van der Waals surface area (Å²) in [5.74, 6) is 0. The lowest BCUT2D eigenvalue weighted by atomic mass is 10.1. The fraction of sp³-hybridized carbons (Fsp3) is 0.500. The minimum atomic E-state index is 0.153. The average Bonchev–Trinajstić information content (AvgIpc) is 3.24. The number of nitrogens with one attached hydrogen (secondary N) is 1. The van der Waals surface area contributed by atoms with Crippen LogP contribution in [0.15, 0.2) is 30.5 Å². The van der Waals surface area contributed by atoms with Gasteiger partial charge in [0.05, 0.1) is 37.3 Å². The van der Waals surface area contributed by atoms with E-state index >= 15 is 0 Å². The van der Waals surface area contributed by atoms with Gasteiger partial charge in [0.15, 0.2) is 0 Å². The fourth-order valence-corrected chi connectivity index (χ4v) is 2.87. The summed E-state index contributed by atoms with van der Waals surface area (Å²) in [6, 6.07) is 8.13. The molecule has 0 unspecified atom stereocenters. The Morgan fingerprint density at radius 2 is 2.13 bits per heavy atom. The number of hydrogen-bond donors (Lipinski definition) is 1. The molecule has 0 aliphatic carbocycles. The number of rotatable bonds is 6.